The van der Waals surface area contributed by atoms with Gasteiger partial charge in [0.1, 0.15) is 0 Å². The van der Waals surface area contributed by atoms with Gasteiger partial charge in [0.05, 0.1) is 16.5 Å². The molecule has 0 aliphatic carbocycles. The van der Waals surface area contributed by atoms with Crippen LogP contribution in [0.15, 0.2) is 23.0 Å². The van der Waals surface area contributed by atoms with Gasteiger partial charge in [-0.1, -0.05) is 20.3 Å². The summed E-state index contributed by atoms with van der Waals surface area (Å²) in [5.74, 6) is -0.238. The lowest BCUT2D eigenvalue weighted by atomic mass is 9.88. The molecule has 0 unspecified atom stereocenters. The Kier molecular flexibility index (Phi) is 5.80. The molecule has 0 saturated heterocycles. The number of aliphatic hydroxyl groups is 1. The second kappa shape index (κ2) is 7.49. The van der Waals surface area contributed by atoms with E-state index in [1.807, 2.05) is 20.8 Å². The van der Waals surface area contributed by atoms with E-state index in [0.717, 1.165) is 6.42 Å². The first-order valence-electron chi connectivity index (χ1n) is 8.48. The van der Waals surface area contributed by atoms with Crippen molar-refractivity contribution < 1.29 is 9.90 Å². The van der Waals surface area contributed by atoms with Crippen LogP contribution >= 0.6 is 12.2 Å². The fourth-order valence-electron chi connectivity index (χ4n) is 2.66. The van der Waals surface area contributed by atoms with Crippen molar-refractivity contribution in [3.8, 4) is 0 Å². The molecule has 7 heteroatoms. The molecule has 0 spiro atoms. The van der Waals surface area contributed by atoms with E-state index in [2.05, 4.69) is 10.3 Å². The van der Waals surface area contributed by atoms with Crippen LogP contribution in [-0.4, -0.2) is 32.7 Å². The van der Waals surface area contributed by atoms with E-state index in [1.54, 1.807) is 25.1 Å². The number of fused-ring (bicyclic) bond motifs is 1. The number of carbonyl (C=O) groups excluding carboxylic acids is 1. The van der Waals surface area contributed by atoms with Crippen LogP contribution in [0.5, 0.6) is 0 Å². The lowest BCUT2D eigenvalue weighted by molar-refractivity contribution is 0.00593. The van der Waals surface area contributed by atoms with Gasteiger partial charge < -0.3 is 15.4 Å². The van der Waals surface area contributed by atoms with E-state index in [-0.39, 0.29) is 23.9 Å². The summed E-state index contributed by atoms with van der Waals surface area (Å²) in [4.78, 5) is 27.8. The van der Waals surface area contributed by atoms with E-state index in [0.29, 0.717) is 27.8 Å². The topological polar surface area (TPSA) is 87.1 Å². The fraction of sp³-hybridized carbons (Fsp3) is 0.500. The highest BCUT2D eigenvalue weighted by Gasteiger charge is 2.27. The number of carbonyl (C=O) groups is 1. The van der Waals surface area contributed by atoms with Crippen molar-refractivity contribution >= 4 is 29.0 Å². The van der Waals surface area contributed by atoms with Crippen LogP contribution in [0.2, 0.25) is 0 Å². The molecule has 0 aliphatic rings. The van der Waals surface area contributed by atoms with Gasteiger partial charge in [-0.2, -0.15) is 0 Å². The molecule has 0 radical (unpaired) electrons. The SMILES string of the molecule is CC[C@H](C)[C@@](C)(O)CNC(=O)c1ccc2c(=O)n(CC)c(=S)[nH]c2c1. The van der Waals surface area contributed by atoms with Gasteiger partial charge >= 0.3 is 0 Å². The molecule has 1 aromatic heterocycles. The third-order valence-corrected chi connectivity index (χ3v) is 5.16. The number of amides is 1. The summed E-state index contributed by atoms with van der Waals surface area (Å²) in [5, 5.41) is 13.6. The minimum atomic E-state index is -0.976. The number of nitrogens with zero attached hydrogens (tertiary/aromatic N) is 1. The van der Waals surface area contributed by atoms with Gasteiger partial charge in [-0.15, -0.1) is 0 Å². The van der Waals surface area contributed by atoms with Gasteiger partial charge in [0.15, 0.2) is 4.77 Å². The standard InChI is InChI=1S/C18H25N3O3S/c1-5-11(3)18(4,24)10-19-15(22)12-7-8-13-14(9-12)20-17(25)21(6-2)16(13)23/h7-9,11,24H,5-6,10H2,1-4H3,(H,19,22)(H,20,25)/t11-,18-/m0/s1. The molecule has 0 fully saturated rings. The Morgan fingerprint density at radius 3 is 2.72 bits per heavy atom. The maximum atomic E-state index is 12.4. The molecule has 136 valence electrons. The van der Waals surface area contributed by atoms with E-state index in [4.69, 9.17) is 12.2 Å². The largest absolute Gasteiger partial charge is 0.388 e. The highest BCUT2D eigenvalue weighted by atomic mass is 32.1. The normalized spacial score (nSPS) is 14.9. The zero-order valence-electron chi connectivity index (χ0n) is 15.0. The monoisotopic (exact) mass is 363 g/mol. The lowest BCUT2D eigenvalue weighted by Crippen LogP contribution is -2.45. The molecule has 25 heavy (non-hydrogen) atoms. The zero-order chi connectivity index (χ0) is 18.8. The van der Waals surface area contributed by atoms with Crippen molar-refractivity contribution in [3.05, 3.63) is 38.9 Å². The van der Waals surface area contributed by atoms with Crippen LogP contribution < -0.4 is 10.9 Å². The van der Waals surface area contributed by atoms with Crippen molar-refractivity contribution in [1.29, 1.82) is 0 Å². The maximum absolute atomic E-state index is 12.4. The predicted octanol–water partition coefficient (Wildman–Crippen LogP) is 2.61. The summed E-state index contributed by atoms with van der Waals surface area (Å²) in [5.41, 5.74) is -0.212. The number of rotatable bonds is 6. The predicted molar refractivity (Wildman–Crippen MR) is 101 cm³/mol. The highest BCUT2D eigenvalue weighted by Crippen LogP contribution is 2.19. The first-order chi connectivity index (χ1) is 11.7. The number of H-pyrrole nitrogens is 1. The Hall–Kier alpha value is -1.99. The van der Waals surface area contributed by atoms with Crippen LogP contribution in [0.25, 0.3) is 10.9 Å². The molecule has 2 atom stereocenters. The molecule has 2 rings (SSSR count). The molecule has 1 heterocycles. The quantitative estimate of drug-likeness (QED) is 0.689. The molecule has 0 bridgehead atoms. The number of aromatic amines is 1. The van der Waals surface area contributed by atoms with Crippen LogP contribution in [0.1, 0.15) is 44.5 Å². The van der Waals surface area contributed by atoms with Gasteiger partial charge in [0, 0.05) is 18.7 Å². The molecule has 6 nitrogen and oxygen atoms in total. The van der Waals surface area contributed by atoms with Crippen molar-refractivity contribution in [3.63, 3.8) is 0 Å². The summed E-state index contributed by atoms with van der Waals surface area (Å²) >= 11 is 5.19. The van der Waals surface area contributed by atoms with Crippen LogP contribution in [0.3, 0.4) is 0 Å². The third kappa shape index (κ3) is 3.99. The first-order valence-corrected chi connectivity index (χ1v) is 8.89. The third-order valence-electron chi connectivity index (χ3n) is 4.84. The number of hydrogen-bond acceptors (Lipinski definition) is 4. The molecule has 2 aromatic rings. The van der Waals surface area contributed by atoms with Crippen LogP contribution in [0.4, 0.5) is 0 Å². The minimum absolute atomic E-state index is 0.0630. The number of aromatic nitrogens is 2. The van der Waals surface area contributed by atoms with E-state index in [9.17, 15) is 14.7 Å². The van der Waals surface area contributed by atoms with Gasteiger partial charge in [-0.3, -0.25) is 14.2 Å². The second-order valence-corrected chi connectivity index (χ2v) is 6.98. The lowest BCUT2D eigenvalue weighted by Gasteiger charge is -2.29. The average Bonchev–Trinajstić information content (AvgIpc) is 2.58. The van der Waals surface area contributed by atoms with Gasteiger partial charge in [0.2, 0.25) is 0 Å². The average molecular weight is 363 g/mol. The molecular formula is C18H25N3O3S. The number of benzene rings is 1. The Labute approximate surface area is 151 Å². The molecular weight excluding hydrogens is 338 g/mol. The highest BCUT2D eigenvalue weighted by molar-refractivity contribution is 7.71. The maximum Gasteiger partial charge on any atom is 0.262 e. The Morgan fingerprint density at radius 1 is 1.44 bits per heavy atom. The van der Waals surface area contributed by atoms with Gasteiger partial charge in [0.25, 0.3) is 11.5 Å². The molecule has 0 saturated carbocycles. The summed E-state index contributed by atoms with van der Waals surface area (Å²) < 4.78 is 1.80. The minimum Gasteiger partial charge on any atom is -0.388 e. The summed E-state index contributed by atoms with van der Waals surface area (Å²) in [6, 6.07) is 4.84. The van der Waals surface area contributed by atoms with Crippen LogP contribution in [-0.2, 0) is 6.54 Å². The van der Waals surface area contributed by atoms with Crippen molar-refractivity contribution in [2.75, 3.05) is 6.54 Å². The van der Waals surface area contributed by atoms with E-state index >= 15 is 0 Å². The van der Waals surface area contributed by atoms with Crippen molar-refractivity contribution in [1.82, 2.24) is 14.9 Å². The Balaban J connectivity index is 2.29. The Morgan fingerprint density at radius 2 is 2.12 bits per heavy atom. The fourth-order valence-corrected chi connectivity index (χ4v) is 2.98. The van der Waals surface area contributed by atoms with Gasteiger partial charge in [-0.25, -0.2) is 0 Å². The molecule has 1 amide bonds. The van der Waals surface area contributed by atoms with Gasteiger partial charge in [-0.05, 0) is 50.2 Å². The smallest absolute Gasteiger partial charge is 0.262 e. The second-order valence-electron chi connectivity index (χ2n) is 6.59. The Bertz CT molecular complexity index is 899. The van der Waals surface area contributed by atoms with E-state index in [1.165, 1.54) is 4.57 Å². The zero-order valence-corrected chi connectivity index (χ0v) is 15.9. The summed E-state index contributed by atoms with van der Waals surface area (Å²) in [6.45, 7) is 8.15. The number of nitrogens with one attached hydrogen (secondary N) is 2. The molecule has 3 N–H and O–H groups in total. The molecule has 1 aromatic carbocycles. The first kappa shape index (κ1) is 19.3. The summed E-state index contributed by atoms with van der Waals surface area (Å²) in [7, 11) is 0. The summed E-state index contributed by atoms with van der Waals surface area (Å²) in [6.07, 6.45) is 0.819. The van der Waals surface area contributed by atoms with E-state index < -0.39 is 5.60 Å². The molecule has 0 aliphatic heterocycles. The van der Waals surface area contributed by atoms with Crippen LogP contribution in [0, 0.1) is 10.7 Å². The van der Waals surface area contributed by atoms with Crippen molar-refractivity contribution in [2.45, 2.75) is 46.3 Å². The van der Waals surface area contributed by atoms with Crippen molar-refractivity contribution in [2.24, 2.45) is 5.92 Å². The number of hydrogen-bond donors (Lipinski definition) is 3.